The van der Waals surface area contributed by atoms with E-state index < -0.39 is 0 Å². The van der Waals surface area contributed by atoms with Gasteiger partial charge in [-0.05, 0) is 33.7 Å². The third-order valence-electron chi connectivity index (χ3n) is 6.11. The predicted octanol–water partition coefficient (Wildman–Crippen LogP) is -0.852. The summed E-state index contributed by atoms with van der Waals surface area (Å²) >= 11 is 0. The molecule has 8 heteroatoms. The Morgan fingerprint density at radius 2 is 2.11 bits per heavy atom. The van der Waals surface area contributed by atoms with Crippen LogP contribution in [0.15, 0.2) is 11.1 Å². The molecule has 2 amide bonds. The minimum atomic E-state index is -0.193. The average Bonchev–Trinajstić information content (AvgIpc) is 2.65. The van der Waals surface area contributed by atoms with Crippen molar-refractivity contribution in [1.82, 2.24) is 26.6 Å². The molecule has 5 unspecified atom stereocenters. The number of hydrogen-bond acceptors (Lipinski definition) is 6. The SMILES string of the molecule is CC1=C(CC(=O)N[C@H](C)C2CNC(C#N)CN2)C(=O)NC2CCNC(C)C12. The number of carbonyl (C=O) groups is 2. The molecule has 0 aromatic rings. The van der Waals surface area contributed by atoms with Gasteiger partial charge in [0.1, 0.15) is 6.04 Å². The van der Waals surface area contributed by atoms with Gasteiger partial charge in [0.05, 0.1) is 12.5 Å². The van der Waals surface area contributed by atoms with Crippen LogP contribution in [-0.2, 0) is 9.59 Å². The van der Waals surface area contributed by atoms with Crippen LogP contribution >= 0.6 is 0 Å². The molecule has 0 aromatic heterocycles. The van der Waals surface area contributed by atoms with E-state index in [9.17, 15) is 9.59 Å². The van der Waals surface area contributed by atoms with Crippen LogP contribution in [0.25, 0.3) is 0 Å². The highest BCUT2D eigenvalue weighted by molar-refractivity contribution is 6.00. The van der Waals surface area contributed by atoms with E-state index >= 15 is 0 Å². The third-order valence-corrected chi connectivity index (χ3v) is 6.11. The second-order valence-electron chi connectivity index (χ2n) is 7.94. The molecule has 5 N–H and O–H groups in total. The van der Waals surface area contributed by atoms with Gasteiger partial charge in [0.15, 0.2) is 0 Å². The number of amides is 2. The fourth-order valence-corrected chi connectivity index (χ4v) is 4.51. The highest BCUT2D eigenvalue weighted by Crippen LogP contribution is 2.32. The van der Waals surface area contributed by atoms with Gasteiger partial charge in [0, 0.05) is 48.7 Å². The van der Waals surface area contributed by atoms with Crippen LogP contribution < -0.4 is 26.6 Å². The third kappa shape index (κ3) is 4.32. The van der Waals surface area contributed by atoms with Crippen LogP contribution in [0.4, 0.5) is 0 Å². The lowest BCUT2D eigenvalue weighted by Gasteiger charge is -2.42. The highest BCUT2D eigenvalue weighted by Gasteiger charge is 2.39. The summed E-state index contributed by atoms with van der Waals surface area (Å²) in [5, 5.41) is 24.9. The van der Waals surface area contributed by atoms with Gasteiger partial charge in [0.2, 0.25) is 11.8 Å². The first kappa shape index (κ1) is 19.8. The van der Waals surface area contributed by atoms with E-state index in [0.29, 0.717) is 18.7 Å². The number of nitrogens with zero attached hydrogens (tertiary/aromatic N) is 1. The van der Waals surface area contributed by atoms with Crippen LogP contribution in [-0.4, -0.2) is 61.7 Å². The van der Waals surface area contributed by atoms with Crippen molar-refractivity contribution in [3.63, 3.8) is 0 Å². The zero-order chi connectivity index (χ0) is 19.6. The molecule has 0 bridgehead atoms. The van der Waals surface area contributed by atoms with Crippen LogP contribution in [0, 0.1) is 17.2 Å². The fraction of sp³-hybridized carbons (Fsp3) is 0.737. The minimum absolute atomic E-state index is 0.0563. The quantitative estimate of drug-likeness (QED) is 0.437. The standard InChI is InChI=1S/C19H30N6O2/c1-10-14(19(27)25-15-4-5-21-12(3)18(10)15)6-17(26)24-11(2)16-9-22-13(7-20)8-23-16/h11-13,15-16,18,21-23H,4-6,8-9H2,1-3H3,(H,24,26)(H,25,27)/t11-,12?,13?,15?,16?,18?/m1/s1. The summed E-state index contributed by atoms with van der Waals surface area (Å²) in [7, 11) is 0. The Balaban J connectivity index is 1.60. The van der Waals surface area contributed by atoms with Crippen molar-refractivity contribution in [1.29, 1.82) is 5.26 Å². The Kier molecular flexibility index (Phi) is 6.15. The Morgan fingerprint density at radius 3 is 2.78 bits per heavy atom. The van der Waals surface area contributed by atoms with Gasteiger partial charge in [-0.15, -0.1) is 0 Å². The number of nitrogens with one attached hydrogen (secondary N) is 5. The maximum Gasteiger partial charge on any atom is 0.247 e. The molecule has 0 aliphatic carbocycles. The molecule has 0 radical (unpaired) electrons. The molecule has 0 saturated carbocycles. The van der Waals surface area contributed by atoms with Crippen molar-refractivity contribution in [2.45, 2.75) is 63.8 Å². The van der Waals surface area contributed by atoms with E-state index in [1.54, 1.807) is 0 Å². The van der Waals surface area contributed by atoms with Crippen molar-refractivity contribution < 1.29 is 9.59 Å². The average molecular weight is 374 g/mol. The Morgan fingerprint density at radius 1 is 1.33 bits per heavy atom. The van der Waals surface area contributed by atoms with Crippen molar-refractivity contribution in [2.75, 3.05) is 19.6 Å². The number of piperazine rings is 1. The molecule has 2 fully saturated rings. The number of fused-ring (bicyclic) bond motifs is 1. The van der Waals surface area contributed by atoms with Crippen LogP contribution in [0.1, 0.15) is 33.6 Å². The summed E-state index contributed by atoms with van der Waals surface area (Å²) in [4.78, 5) is 25.1. The maximum absolute atomic E-state index is 12.6. The van der Waals surface area contributed by atoms with E-state index in [0.717, 1.165) is 18.5 Å². The fourth-order valence-electron chi connectivity index (χ4n) is 4.51. The van der Waals surface area contributed by atoms with Gasteiger partial charge in [-0.1, -0.05) is 5.57 Å². The second kappa shape index (κ2) is 8.38. The molecule has 2 saturated heterocycles. The monoisotopic (exact) mass is 374 g/mol. The molecular formula is C19H30N6O2. The lowest BCUT2D eigenvalue weighted by molar-refractivity contribution is -0.124. The predicted molar refractivity (Wildman–Crippen MR) is 102 cm³/mol. The normalized spacial score (nSPS) is 34.9. The van der Waals surface area contributed by atoms with Crippen molar-refractivity contribution in [3.05, 3.63) is 11.1 Å². The summed E-state index contributed by atoms with van der Waals surface area (Å²) in [5.41, 5.74) is 1.62. The van der Waals surface area contributed by atoms with Crippen molar-refractivity contribution in [3.8, 4) is 6.07 Å². The molecule has 3 rings (SSSR count). The Bertz CT molecular complexity index is 662. The number of nitriles is 1. The van der Waals surface area contributed by atoms with Gasteiger partial charge in [-0.2, -0.15) is 5.26 Å². The zero-order valence-electron chi connectivity index (χ0n) is 16.3. The van der Waals surface area contributed by atoms with E-state index in [1.165, 1.54) is 0 Å². The molecule has 0 aromatic carbocycles. The first-order chi connectivity index (χ1) is 12.9. The van der Waals surface area contributed by atoms with E-state index in [2.05, 4.69) is 39.6 Å². The Hall–Kier alpha value is -1.95. The second-order valence-corrected chi connectivity index (χ2v) is 7.94. The molecule has 27 heavy (non-hydrogen) atoms. The molecule has 148 valence electrons. The van der Waals surface area contributed by atoms with Gasteiger partial charge in [-0.25, -0.2) is 0 Å². The lowest BCUT2D eigenvalue weighted by Crippen LogP contribution is -2.61. The molecule has 8 nitrogen and oxygen atoms in total. The number of piperidine rings is 1. The Labute approximate surface area is 160 Å². The largest absolute Gasteiger partial charge is 0.352 e. The summed E-state index contributed by atoms with van der Waals surface area (Å²) in [6.07, 6.45) is 1.01. The number of hydrogen-bond donors (Lipinski definition) is 5. The summed E-state index contributed by atoms with van der Waals surface area (Å²) in [6, 6.07) is 2.39. The first-order valence-corrected chi connectivity index (χ1v) is 9.80. The lowest BCUT2D eigenvalue weighted by atomic mass is 9.76. The van der Waals surface area contributed by atoms with Gasteiger partial charge < -0.3 is 21.3 Å². The van der Waals surface area contributed by atoms with E-state index in [4.69, 9.17) is 5.26 Å². The van der Waals surface area contributed by atoms with Crippen LogP contribution in [0.3, 0.4) is 0 Å². The van der Waals surface area contributed by atoms with Crippen LogP contribution in [0.5, 0.6) is 0 Å². The van der Waals surface area contributed by atoms with Gasteiger partial charge in [0.25, 0.3) is 0 Å². The molecule has 3 aliphatic rings. The van der Waals surface area contributed by atoms with Gasteiger partial charge >= 0.3 is 0 Å². The topological polar surface area (TPSA) is 118 Å². The van der Waals surface area contributed by atoms with Crippen molar-refractivity contribution in [2.24, 2.45) is 5.92 Å². The van der Waals surface area contributed by atoms with E-state index in [-0.39, 0.29) is 54.4 Å². The highest BCUT2D eigenvalue weighted by atomic mass is 16.2. The molecular weight excluding hydrogens is 344 g/mol. The molecule has 0 spiro atoms. The number of carbonyl (C=O) groups excluding carboxylic acids is 2. The van der Waals surface area contributed by atoms with Crippen molar-refractivity contribution >= 4 is 11.8 Å². The summed E-state index contributed by atoms with van der Waals surface area (Å²) in [6.45, 7) is 8.14. The molecule has 6 atom stereocenters. The maximum atomic E-state index is 12.6. The first-order valence-electron chi connectivity index (χ1n) is 9.80. The minimum Gasteiger partial charge on any atom is -0.352 e. The zero-order valence-corrected chi connectivity index (χ0v) is 16.3. The van der Waals surface area contributed by atoms with Crippen LogP contribution in [0.2, 0.25) is 0 Å². The molecule has 3 aliphatic heterocycles. The van der Waals surface area contributed by atoms with Gasteiger partial charge in [-0.3, -0.25) is 14.9 Å². The van der Waals surface area contributed by atoms with E-state index in [1.807, 2.05) is 13.8 Å². The number of rotatable bonds is 4. The summed E-state index contributed by atoms with van der Waals surface area (Å²) in [5.74, 6) is -0.0187. The smallest absolute Gasteiger partial charge is 0.247 e. The molecule has 3 heterocycles. The summed E-state index contributed by atoms with van der Waals surface area (Å²) < 4.78 is 0.